The first-order valence-electron chi connectivity index (χ1n) is 6.12. The average Bonchev–Trinajstić information content (AvgIpc) is 2.62. The average molecular weight is 246 g/mol. The van der Waals surface area contributed by atoms with Crippen LogP contribution in [0, 0.1) is 0 Å². The summed E-state index contributed by atoms with van der Waals surface area (Å²) in [6.45, 7) is 0. The van der Waals surface area contributed by atoms with Gasteiger partial charge in [-0.1, -0.05) is 24.3 Å². The Morgan fingerprint density at radius 3 is 2.79 bits per heavy atom. The maximum atomic E-state index is 12.6. The first-order valence-corrected chi connectivity index (χ1v) is 6.12. The van der Waals surface area contributed by atoms with Crippen LogP contribution in [-0.4, -0.2) is 9.97 Å². The maximum absolute atomic E-state index is 12.6. The van der Waals surface area contributed by atoms with Crippen molar-refractivity contribution in [2.24, 2.45) is 0 Å². The van der Waals surface area contributed by atoms with E-state index < -0.39 is 0 Å². The molecule has 0 atom stereocenters. The summed E-state index contributed by atoms with van der Waals surface area (Å²) >= 11 is 0. The van der Waals surface area contributed by atoms with Crippen LogP contribution in [0.5, 0.6) is 0 Å². The van der Waals surface area contributed by atoms with E-state index in [0.717, 1.165) is 27.2 Å². The molecule has 0 amide bonds. The van der Waals surface area contributed by atoms with Gasteiger partial charge in [0.2, 0.25) is 0 Å². The summed E-state index contributed by atoms with van der Waals surface area (Å²) in [4.78, 5) is 20.0. The highest BCUT2D eigenvalue weighted by Gasteiger charge is 2.09. The number of nitrogens with zero attached hydrogens (tertiary/aromatic N) is 1. The molecule has 3 nitrogen and oxygen atoms in total. The molecule has 1 N–H and O–H groups in total. The van der Waals surface area contributed by atoms with Crippen LogP contribution in [0.3, 0.4) is 0 Å². The fraction of sp³-hybridized carbons (Fsp3) is 0. The molecule has 0 saturated heterocycles. The SMILES string of the molecule is O=c1c2cnccc2cc2[nH]c3cccccc3c12. The number of rotatable bonds is 0. The molecule has 0 bridgehead atoms. The summed E-state index contributed by atoms with van der Waals surface area (Å²) in [5.74, 6) is 0. The topological polar surface area (TPSA) is 45.8 Å². The minimum Gasteiger partial charge on any atom is -0.354 e. The smallest absolute Gasteiger partial charge is 0.197 e. The second-order valence-corrected chi connectivity index (χ2v) is 4.59. The Morgan fingerprint density at radius 1 is 0.947 bits per heavy atom. The zero-order chi connectivity index (χ0) is 12.8. The lowest BCUT2D eigenvalue weighted by Gasteiger charge is -1.96. The van der Waals surface area contributed by atoms with E-state index in [1.54, 1.807) is 12.4 Å². The number of hydrogen-bond donors (Lipinski definition) is 1. The van der Waals surface area contributed by atoms with Gasteiger partial charge in [-0.25, -0.2) is 0 Å². The van der Waals surface area contributed by atoms with Crippen LogP contribution in [0.4, 0.5) is 0 Å². The zero-order valence-electron chi connectivity index (χ0n) is 10.1. The van der Waals surface area contributed by atoms with Crippen molar-refractivity contribution in [2.75, 3.05) is 0 Å². The fourth-order valence-corrected chi connectivity index (χ4v) is 2.59. The molecule has 90 valence electrons. The lowest BCUT2D eigenvalue weighted by atomic mass is 10.1. The summed E-state index contributed by atoms with van der Waals surface area (Å²) < 4.78 is 0. The Bertz CT molecular complexity index is 986. The lowest BCUT2D eigenvalue weighted by molar-refractivity contribution is 1.36. The van der Waals surface area contributed by atoms with Gasteiger partial charge in [-0.2, -0.15) is 0 Å². The van der Waals surface area contributed by atoms with Crippen molar-refractivity contribution in [3.8, 4) is 0 Å². The lowest BCUT2D eigenvalue weighted by Crippen LogP contribution is -2.01. The van der Waals surface area contributed by atoms with Crippen LogP contribution in [0.25, 0.3) is 32.6 Å². The van der Waals surface area contributed by atoms with E-state index in [0.29, 0.717) is 5.39 Å². The fourth-order valence-electron chi connectivity index (χ4n) is 2.59. The highest BCUT2D eigenvalue weighted by Crippen LogP contribution is 2.24. The molecular weight excluding hydrogens is 236 g/mol. The second-order valence-electron chi connectivity index (χ2n) is 4.59. The molecule has 2 heterocycles. The Morgan fingerprint density at radius 2 is 1.84 bits per heavy atom. The van der Waals surface area contributed by atoms with Crippen molar-refractivity contribution < 1.29 is 0 Å². The molecule has 4 aromatic rings. The van der Waals surface area contributed by atoms with Crippen molar-refractivity contribution in [1.29, 1.82) is 0 Å². The van der Waals surface area contributed by atoms with Gasteiger partial charge < -0.3 is 4.98 Å². The first-order chi connectivity index (χ1) is 9.34. The number of fused-ring (bicyclic) bond motifs is 4. The molecule has 19 heavy (non-hydrogen) atoms. The van der Waals surface area contributed by atoms with Gasteiger partial charge in [0.1, 0.15) is 0 Å². The predicted molar refractivity (Wildman–Crippen MR) is 77.4 cm³/mol. The predicted octanol–water partition coefficient (Wildman–Crippen LogP) is 3.23. The van der Waals surface area contributed by atoms with Crippen LogP contribution in [0.15, 0.2) is 59.7 Å². The van der Waals surface area contributed by atoms with Gasteiger partial charge in [-0.3, -0.25) is 9.78 Å². The Labute approximate surface area is 108 Å². The second kappa shape index (κ2) is 3.65. The van der Waals surface area contributed by atoms with Crippen LogP contribution < -0.4 is 5.43 Å². The minimum atomic E-state index is 0.0399. The molecule has 4 rings (SSSR count). The Kier molecular flexibility index (Phi) is 1.97. The third-order valence-electron chi connectivity index (χ3n) is 3.47. The highest BCUT2D eigenvalue weighted by atomic mass is 16.1. The third kappa shape index (κ3) is 1.38. The van der Waals surface area contributed by atoms with Crippen molar-refractivity contribution in [3.05, 3.63) is 65.1 Å². The van der Waals surface area contributed by atoms with Gasteiger partial charge in [-0.15, -0.1) is 0 Å². The van der Waals surface area contributed by atoms with E-state index in [2.05, 4.69) is 9.97 Å². The van der Waals surface area contributed by atoms with Gasteiger partial charge in [0, 0.05) is 28.7 Å². The number of nitrogens with one attached hydrogen (secondary N) is 1. The largest absolute Gasteiger partial charge is 0.354 e. The number of aromatic amines is 1. The summed E-state index contributed by atoms with van der Waals surface area (Å²) in [7, 11) is 0. The minimum absolute atomic E-state index is 0.0399. The van der Waals surface area contributed by atoms with E-state index in [1.165, 1.54) is 0 Å². The van der Waals surface area contributed by atoms with E-state index in [9.17, 15) is 4.79 Å². The van der Waals surface area contributed by atoms with Crippen LogP contribution >= 0.6 is 0 Å². The number of benzene rings is 1. The molecule has 0 radical (unpaired) electrons. The summed E-state index contributed by atoms with van der Waals surface area (Å²) in [5.41, 5.74) is 1.89. The van der Waals surface area contributed by atoms with E-state index in [4.69, 9.17) is 0 Å². The quantitative estimate of drug-likeness (QED) is 0.517. The van der Waals surface area contributed by atoms with E-state index in [1.807, 2.05) is 42.5 Å². The van der Waals surface area contributed by atoms with Crippen LogP contribution in [0.2, 0.25) is 0 Å². The van der Waals surface area contributed by atoms with Gasteiger partial charge in [-0.05, 0) is 23.6 Å². The first kappa shape index (κ1) is 10.3. The molecular formula is C16H10N2O. The zero-order valence-corrected chi connectivity index (χ0v) is 10.1. The molecule has 0 unspecified atom stereocenters. The summed E-state index contributed by atoms with van der Waals surface area (Å²) in [5, 5.41) is 3.29. The van der Waals surface area contributed by atoms with Crippen LogP contribution in [-0.2, 0) is 0 Å². The Hall–Kier alpha value is -2.68. The molecule has 2 aromatic carbocycles. The number of hydrogen-bond acceptors (Lipinski definition) is 2. The molecule has 2 aromatic heterocycles. The van der Waals surface area contributed by atoms with Gasteiger partial charge in [0.15, 0.2) is 5.43 Å². The number of aromatic nitrogens is 2. The van der Waals surface area contributed by atoms with Crippen LogP contribution in [0.1, 0.15) is 0 Å². The summed E-state index contributed by atoms with van der Waals surface area (Å²) in [6, 6.07) is 13.7. The van der Waals surface area contributed by atoms with E-state index >= 15 is 0 Å². The molecule has 0 fully saturated rings. The van der Waals surface area contributed by atoms with E-state index in [-0.39, 0.29) is 5.43 Å². The van der Waals surface area contributed by atoms with Crippen molar-refractivity contribution >= 4 is 32.6 Å². The van der Waals surface area contributed by atoms with Crippen molar-refractivity contribution in [1.82, 2.24) is 9.97 Å². The van der Waals surface area contributed by atoms with Gasteiger partial charge >= 0.3 is 0 Å². The van der Waals surface area contributed by atoms with Crippen molar-refractivity contribution in [3.63, 3.8) is 0 Å². The molecule has 3 heteroatoms. The monoisotopic (exact) mass is 246 g/mol. The van der Waals surface area contributed by atoms with Gasteiger partial charge in [0.25, 0.3) is 0 Å². The molecule has 0 aliphatic rings. The Balaban J connectivity index is 2.37. The summed E-state index contributed by atoms with van der Waals surface area (Å²) in [6.07, 6.45) is 3.34. The van der Waals surface area contributed by atoms with Crippen molar-refractivity contribution in [2.45, 2.75) is 0 Å². The molecule has 0 spiro atoms. The number of H-pyrrole nitrogens is 1. The standard InChI is InChI=1S/C16H10N2O/c19-16-12-9-17-7-6-10(12)8-14-15(16)11-4-2-1-3-5-13(11)18-14/h1-9,18H. The molecule has 0 saturated carbocycles. The molecule has 0 aliphatic heterocycles. The normalized spacial score (nSPS) is 11.4. The maximum Gasteiger partial charge on any atom is 0.197 e. The van der Waals surface area contributed by atoms with Gasteiger partial charge in [0.05, 0.1) is 10.9 Å². The highest BCUT2D eigenvalue weighted by molar-refractivity contribution is 6.11. The molecule has 0 aliphatic carbocycles. The number of pyridine rings is 1. The third-order valence-corrected chi connectivity index (χ3v) is 3.47.